The number of nitrogens with zero attached hydrogens (tertiary/aromatic N) is 4. The fourth-order valence-corrected chi connectivity index (χ4v) is 3.06. The zero-order chi connectivity index (χ0) is 18.9. The van der Waals surface area contributed by atoms with Crippen molar-refractivity contribution in [3.8, 4) is 17.4 Å². The summed E-state index contributed by atoms with van der Waals surface area (Å²) in [6.07, 6.45) is 0.214. The van der Waals surface area contributed by atoms with Gasteiger partial charge in [-0.2, -0.15) is 5.10 Å². The monoisotopic (exact) mass is 379 g/mol. The molecule has 2 aromatic heterocycles. The van der Waals surface area contributed by atoms with Crippen molar-refractivity contribution in [1.29, 1.82) is 0 Å². The number of ether oxygens (including phenoxy) is 2. The van der Waals surface area contributed by atoms with Gasteiger partial charge in [0.1, 0.15) is 23.2 Å². The van der Waals surface area contributed by atoms with Crippen molar-refractivity contribution < 1.29 is 22.6 Å². The average Bonchev–Trinajstić information content (AvgIpc) is 3.08. The van der Waals surface area contributed by atoms with Crippen LogP contribution in [0.4, 0.5) is 13.2 Å². The maximum atomic E-state index is 12.2. The summed E-state index contributed by atoms with van der Waals surface area (Å²) in [7, 11) is 0. The van der Waals surface area contributed by atoms with Crippen molar-refractivity contribution in [3.05, 3.63) is 36.8 Å². The molecule has 7 nitrogen and oxygen atoms in total. The summed E-state index contributed by atoms with van der Waals surface area (Å²) in [4.78, 5) is 8.45. The molecule has 0 spiro atoms. The van der Waals surface area contributed by atoms with Gasteiger partial charge >= 0.3 is 6.36 Å². The summed E-state index contributed by atoms with van der Waals surface area (Å²) < 4.78 is 48.2. The van der Waals surface area contributed by atoms with Crippen LogP contribution in [0.2, 0.25) is 0 Å². The molecule has 0 amide bonds. The second kappa shape index (κ2) is 7.03. The Morgan fingerprint density at radius 3 is 2.44 bits per heavy atom. The normalized spacial score (nSPS) is 15.8. The Morgan fingerprint density at radius 2 is 1.74 bits per heavy atom. The van der Waals surface area contributed by atoms with Crippen LogP contribution in [0.5, 0.6) is 17.4 Å². The quantitative estimate of drug-likeness (QED) is 0.749. The van der Waals surface area contributed by atoms with Crippen molar-refractivity contribution in [2.75, 3.05) is 13.1 Å². The maximum Gasteiger partial charge on any atom is 0.573 e. The van der Waals surface area contributed by atoms with Crippen molar-refractivity contribution in [3.63, 3.8) is 0 Å². The molecule has 3 heterocycles. The zero-order valence-corrected chi connectivity index (χ0v) is 14.1. The number of fused-ring (bicyclic) bond motifs is 1. The highest BCUT2D eigenvalue weighted by molar-refractivity contribution is 5.80. The molecule has 0 unspecified atom stereocenters. The molecule has 0 radical (unpaired) electrons. The largest absolute Gasteiger partial charge is 0.573 e. The Kier molecular flexibility index (Phi) is 4.56. The van der Waals surface area contributed by atoms with Gasteiger partial charge in [-0.25, -0.2) is 14.6 Å². The van der Waals surface area contributed by atoms with E-state index in [2.05, 4.69) is 25.1 Å². The number of aromatic nitrogens is 4. The van der Waals surface area contributed by atoms with Gasteiger partial charge in [0.05, 0.1) is 12.2 Å². The lowest BCUT2D eigenvalue weighted by molar-refractivity contribution is -0.274. The van der Waals surface area contributed by atoms with Crippen LogP contribution in [0.25, 0.3) is 11.0 Å². The Hall–Kier alpha value is -2.88. The Morgan fingerprint density at radius 1 is 1.04 bits per heavy atom. The first-order chi connectivity index (χ1) is 13.0. The first-order valence-electron chi connectivity index (χ1n) is 8.42. The van der Waals surface area contributed by atoms with Gasteiger partial charge in [-0.15, -0.1) is 13.2 Å². The zero-order valence-electron chi connectivity index (χ0n) is 14.1. The molecule has 0 saturated carbocycles. The van der Waals surface area contributed by atoms with Gasteiger partial charge in [-0.05, 0) is 50.2 Å². The summed E-state index contributed by atoms with van der Waals surface area (Å²) in [5, 5.41) is 8.39. The van der Waals surface area contributed by atoms with Gasteiger partial charge in [0.2, 0.25) is 5.88 Å². The minimum Gasteiger partial charge on any atom is -0.438 e. The molecule has 3 aromatic rings. The summed E-state index contributed by atoms with van der Waals surface area (Å²) in [6.45, 7) is 1.85. The molecule has 1 aliphatic rings. The van der Waals surface area contributed by atoms with Crippen LogP contribution in [0.3, 0.4) is 0 Å². The smallest absolute Gasteiger partial charge is 0.438 e. The number of hydrogen-bond acceptors (Lipinski definition) is 6. The second-order valence-electron chi connectivity index (χ2n) is 6.11. The number of benzene rings is 1. The molecule has 142 valence electrons. The molecule has 1 aliphatic heterocycles. The average molecular weight is 379 g/mol. The van der Waals surface area contributed by atoms with Crippen molar-refractivity contribution in [2.45, 2.75) is 25.2 Å². The van der Waals surface area contributed by atoms with E-state index in [4.69, 9.17) is 4.74 Å². The second-order valence-corrected chi connectivity index (χ2v) is 6.11. The number of halogens is 3. The van der Waals surface area contributed by atoms with Crippen molar-refractivity contribution in [2.24, 2.45) is 0 Å². The summed E-state index contributed by atoms with van der Waals surface area (Å²) in [5.41, 5.74) is 0.670. The fraction of sp³-hybridized carbons (Fsp3) is 0.353. The molecular formula is C17H16F3N5O2. The summed E-state index contributed by atoms with van der Waals surface area (Å²) in [6, 6.07) is 5.38. The van der Waals surface area contributed by atoms with E-state index in [0.717, 1.165) is 25.9 Å². The van der Waals surface area contributed by atoms with Crippen LogP contribution in [0.1, 0.15) is 18.9 Å². The number of piperidine rings is 1. The highest BCUT2D eigenvalue weighted by Gasteiger charge is 2.31. The number of hydrogen-bond donors (Lipinski definition) is 1. The molecule has 1 aromatic carbocycles. The van der Waals surface area contributed by atoms with Gasteiger partial charge in [0.25, 0.3) is 0 Å². The Balaban J connectivity index is 1.56. The lowest BCUT2D eigenvalue weighted by atomic mass is 10.1. The van der Waals surface area contributed by atoms with E-state index in [1.165, 1.54) is 30.6 Å². The molecule has 27 heavy (non-hydrogen) atoms. The van der Waals surface area contributed by atoms with Crippen molar-refractivity contribution in [1.82, 2.24) is 25.1 Å². The molecular weight excluding hydrogens is 363 g/mol. The fourth-order valence-electron chi connectivity index (χ4n) is 3.06. The lowest BCUT2D eigenvalue weighted by Crippen LogP contribution is -2.29. The van der Waals surface area contributed by atoms with E-state index in [1.54, 1.807) is 6.20 Å². The molecule has 4 rings (SSSR count). The molecule has 1 saturated heterocycles. The number of nitrogens with one attached hydrogen (secondary N) is 1. The first-order valence-corrected chi connectivity index (χ1v) is 8.42. The topological polar surface area (TPSA) is 74.1 Å². The predicted octanol–water partition coefficient (Wildman–Crippen LogP) is 3.44. The van der Waals surface area contributed by atoms with Gasteiger partial charge in [0, 0.05) is 0 Å². The Labute approximate surface area is 152 Å². The minimum absolute atomic E-state index is 0.255. The predicted molar refractivity (Wildman–Crippen MR) is 89.7 cm³/mol. The molecule has 0 bridgehead atoms. The molecule has 1 fully saturated rings. The van der Waals surface area contributed by atoms with E-state index >= 15 is 0 Å². The van der Waals surface area contributed by atoms with E-state index < -0.39 is 6.36 Å². The van der Waals surface area contributed by atoms with Crippen LogP contribution in [-0.2, 0) is 0 Å². The molecule has 0 atom stereocenters. The van der Waals surface area contributed by atoms with E-state index in [0.29, 0.717) is 22.7 Å². The lowest BCUT2D eigenvalue weighted by Gasteiger charge is -2.23. The first kappa shape index (κ1) is 17.5. The van der Waals surface area contributed by atoms with Crippen LogP contribution in [0.15, 0.2) is 36.8 Å². The van der Waals surface area contributed by atoms with Gasteiger partial charge in [-0.1, -0.05) is 0 Å². The van der Waals surface area contributed by atoms with Gasteiger partial charge < -0.3 is 14.8 Å². The van der Waals surface area contributed by atoms with E-state index in [-0.39, 0.29) is 11.8 Å². The van der Waals surface area contributed by atoms with Gasteiger partial charge in [-0.3, -0.25) is 0 Å². The van der Waals surface area contributed by atoms with Crippen LogP contribution in [0, 0.1) is 0 Å². The molecule has 0 aliphatic carbocycles. The third kappa shape index (κ3) is 3.95. The SMILES string of the molecule is FC(F)(F)Oc1ccc(Oc2ncnc3c2cnn3C2CCNCC2)cc1. The Bertz CT molecular complexity index is 920. The number of alkyl halides is 3. The van der Waals surface area contributed by atoms with Crippen LogP contribution >= 0.6 is 0 Å². The molecule has 1 N–H and O–H groups in total. The maximum absolute atomic E-state index is 12.2. The van der Waals surface area contributed by atoms with Crippen LogP contribution in [-0.4, -0.2) is 39.2 Å². The third-order valence-corrected chi connectivity index (χ3v) is 4.28. The van der Waals surface area contributed by atoms with E-state index in [9.17, 15) is 13.2 Å². The molecule has 10 heteroatoms. The highest BCUT2D eigenvalue weighted by atomic mass is 19.4. The summed E-state index contributed by atoms with van der Waals surface area (Å²) >= 11 is 0. The standard InChI is InChI=1S/C17H16F3N5O2/c18-17(19,20)27-13-3-1-12(2-4-13)26-16-14-9-24-25(15(14)22-10-23-16)11-5-7-21-8-6-11/h1-4,9-11,21H,5-8H2. The van der Waals surface area contributed by atoms with Crippen LogP contribution < -0.4 is 14.8 Å². The van der Waals surface area contributed by atoms with Crippen molar-refractivity contribution >= 4 is 11.0 Å². The summed E-state index contributed by atoms with van der Waals surface area (Å²) in [5.74, 6) is 0.310. The third-order valence-electron chi connectivity index (χ3n) is 4.28. The number of rotatable bonds is 4. The highest BCUT2D eigenvalue weighted by Crippen LogP contribution is 2.31. The minimum atomic E-state index is -4.73. The van der Waals surface area contributed by atoms with Gasteiger partial charge in [0.15, 0.2) is 5.65 Å². The van der Waals surface area contributed by atoms with E-state index in [1.807, 2.05) is 4.68 Å².